The summed E-state index contributed by atoms with van der Waals surface area (Å²) in [4.78, 5) is 2.34. The minimum Gasteiger partial charge on any atom is -0.390 e. The Balaban J connectivity index is 1.70. The lowest BCUT2D eigenvalue weighted by molar-refractivity contribution is -0.158. The highest BCUT2D eigenvalue weighted by molar-refractivity contribution is 5.14. The molecule has 2 fully saturated rings. The van der Waals surface area contributed by atoms with Gasteiger partial charge in [-0.1, -0.05) is 30.3 Å². The van der Waals surface area contributed by atoms with Crippen LogP contribution in [0.2, 0.25) is 0 Å². The summed E-state index contributed by atoms with van der Waals surface area (Å²) in [5.74, 6) is -0.591. The fraction of sp³-hybridized carbons (Fsp3) is 0.625. The van der Waals surface area contributed by atoms with Gasteiger partial charge in [-0.3, -0.25) is 4.90 Å². The van der Waals surface area contributed by atoms with E-state index in [1.807, 2.05) is 19.9 Å². The predicted molar refractivity (Wildman–Crippen MR) is 76.2 cm³/mol. The summed E-state index contributed by atoms with van der Waals surface area (Å²) in [6.07, 6.45) is 0.0347. The van der Waals surface area contributed by atoms with E-state index in [9.17, 15) is 5.11 Å². The van der Waals surface area contributed by atoms with E-state index in [0.29, 0.717) is 0 Å². The molecule has 4 heteroatoms. The van der Waals surface area contributed by atoms with E-state index >= 15 is 0 Å². The van der Waals surface area contributed by atoms with Gasteiger partial charge in [0.1, 0.15) is 12.2 Å². The van der Waals surface area contributed by atoms with Gasteiger partial charge >= 0.3 is 0 Å². The van der Waals surface area contributed by atoms with Crippen LogP contribution < -0.4 is 0 Å². The lowest BCUT2D eigenvalue weighted by atomic mass is 10.1. The van der Waals surface area contributed by atoms with Crippen molar-refractivity contribution in [2.24, 2.45) is 0 Å². The van der Waals surface area contributed by atoms with Crippen LogP contribution in [0.5, 0.6) is 0 Å². The first-order valence-corrected chi connectivity index (χ1v) is 7.33. The van der Waals surface area contributed by atoms with E-state index in [2.05, 4.69) is 29.2 Å². The smallest absolute Gasteiger partial charge is 0.163 e. The molecule has 110 valence electrons. The van der Waals surface area contributed by atoms with Crippen LogP contribution in [0.3, 0.4) is 0 Å². The number of benzene rings is 1. The minimum absolute atomic E-state index is 0.0498. The molecule has 1 aromatic rings. The van der Waals surface area contributed by atoms with Crippen molar-refractivity contribution in [2.75, 3.05) is 13.1 Å². The summed E-state index contributed by atoms with van der Waals surface area (Å²) in [5.41, 5.74) is 1.29. The quantitative estimate of drug-likeness (QED) is 0.894. The van der Waals surface area contributed by atoms with Crippen molar-refractivity contribution in [3.63, 3.8) is 0 Å². The summed E-state index contributed by atoms with van der Waals surface area (Å²) >= 11 is 0. The normalized spacial score (nSPS) is 33.6. The van der Waals surface area contributed by atoms with Gasteiger partial charge in [0.25, 0.3) is 0 Å². The second-order valence-corrected chi connectivity index (χ2v) is 6.22. The van der Waals surface area contributed by atoms with Gasteiger partial charge in [0.05, 0.1) is 6.10 Å². The third kappa shape index (κ3) is 3.04. The molecule has 2 aliphatic heterocycles. The maximum Gasteiger partial charge on any atom is 0.163 e. The molecular formula is C16H23NO3. The van der Waals surface area contributed by atoms with Crippen molar-refractivity contribution >= 4 is 0 Å². The Hall–Kier alpha value is -0.940. The number of hydrogen-bond donors (Lipinski definition) is 1. The summed E-state index contributed by atoms with van der Waals surface area (Å²) in [5, 5.41) is 10.2. The zero-order valence-electron chi connectivity index (χ0n) is 12.2. The van der Waals surface area contributed by atoms with Gasteiger partial charge in [0.2, 0.25) is 0 Å². The molecule has 0 amide bonds. The molecule has 1 aromatic carbocycles. The Labute approximate surface area is 120 Å². The molecule has 20 heavy (non-hydrogen) atoms. The maximum atomic E-state index is 10.2. The number of hydrogen-bond acceptors (Lipinski definition) is 4. The summed E-state index contributed by atoms with van der Waals surface area (Å²) in [7, 11) is 0. The highest BCUT2D eigenvalue weighted by Crippen LogP contribution is 2.33. The number of aliphatic hydroxyl groups excluding tert-OH is 1. The zero-order chi connectivity index (χ0) is 14.2. The first kappa shape index (κ1) is 14.0. The Morgan fingerprint density at radius 1 is 1.25 bits per heavy atom. The number of fused-ring (bicyclic) bond motifs is 1. The number of aliphatic hydroxyl groups is 1. The lowest BCUT2D eigenvalue weighted by Gasteiger charge is -2.24. The van der Waals surface area contributed by atoms with Gasteiger partial charge in [0.15, 0.2) is 5.79 Å². The second kappa shape index (κ2) is 5.45. The van der Waals surface area contributed by atoms with Gasteiger partial charge in [0, 0.05) is 19.6 Å². The molecular weight excluding hydrogens is 254 g/mol. The number of nitrogens with zero attached hydrogens (tertiary/aromatic N) is 1. The monoisotopic (exact) mass is 277 g/mol. The van der Waals surface area contributed by atoms with E-state index in [1.54, 1.807) is 0 Å². The molecule has 2 heterocycles. The maximum absolute atomic E-state index is 10.2. The highest BCUT2D eigenvalue weighted by atomic mass is 16.8. The van der Waals surface area contributed by atoms with Gasteiger partial charge in [-0.05, 0) is 25.8 Å². The minimum atomic E-state index is -0.591. The highest BCUT2D eigenvalue weighted by Gasteiger charge is 2.46. The van der Waals surface area contributed by atoms with Crippen LogP contribution in [-0.4, -0.2) is 47.2 Å². The van der Waals surface area contributed by atoms with Crippen LogP contribution in [0.25, 0.3) is 0 Å². The molecule has 1 N–H and O–H groups in total. The Kier molecular flexibility index (Phi) is 3.82. The Morgan fingerprint density at radius 3 is 2.75 bits per heavy atom. The van der Waals surface area contributed by atoms with E-state index in [-0.39, 0.29) is 12.2 Å². The van der Waals surface area contributed by atoms with Crippen LogP contribution in [0.15, 0.2) is 30.3 Å². The molecule has 0 aromatic heterocycles. The number of rotatable bonds is 2. The van der Waals surface area contributed by atoms with Gasteiger partial charge in [-0.25, -0.2) is 0 Å². The van der Waals surface area contributed by atoms with Crippen molar-refractivity contribution in [1.29, 1.82) is 0 Å². The van der Waals surface area contributed by atoms with Crippen molar-refractivity contribution in [3.8, 4) is 0 Å². The molecule has 3 rings (SSSR count). The lowest BCUT2D eigenvalue weighted by Crippen LogP contribution is -2.37. The van der Waals surface area contributed by atoms with Crippen molar-refractivity contribution in [3.05, 3.63) is 35.9 Å². The van der Waals surface area contributed by atoms with Crippen LogP contribution in [0, 0.1) is 0 Å². The third-order valence-electron chi connectivity index (χ3n) is 4.03. The fourth-order valence-corrected chi connectivity index (χ4v) is 3.14. The van der Waals surface area contributed by atoms with Gasteiger partial charge in [-0.2, -0.15) is 0 Å². The molecule has 0 saturated carbocycles. The third-order valence-corrected chi connectivity index (χ3v) is 4.03. The summed E-state index contributed by atoms with van der Waals surface area (Å²) in [6.45, 7) is 6.39. The molecule has 0 radical (unpaired) electrons. The Morgan fingerprint density at radius 2 is 2.00 bits per heavy atom. The van der Waals surface area contributed by atoms with Gasteiger partial charge < -0.3 is 14.6 Å². The molecule has 2 aliphatic rings. The largest absolute Gasteiger partial charge is 0.390 e. The van der Waals surface area contributed by atoms with Crippen molar-refractivity contribution in [1.82, 2.24) is 4.90 Å². The molecule has 0 bridgehead atoms. The zero-order valence-corrected chi connectivity index (χ0v) is 12.2. The second-order valence-electron chi connectivity index (χ2n) is 6.22. The molecule has 4 nitrogen and oxygen atoms in total. The fourth-order valence-electron chi connectivity index (χ4n) is 3.14. The molecule has 0 unspecified atom stereocenters. The van der Waals surface area contributed by atoms with E-state index in [0.717, 1.165) is 26.1 Å². The van der Waals surface area contributed by atoms with Crippen LogP contribution in [-0.2, 0) is 16.0 Å². The predicted octanol–water partition coefficient (Wildman–Crippen LogP) is 1.77. The van der Waals surface area contributed by atoms with E-state index in [4.69, 9.17) is 9.47 Å². The van der Waals surface area contributed by atoms with Crippen molar-refractivity contribution < 1.29 is 14.6 Å². The van der Waals surface area contributed by atoms with Crippen LogP contribution >= 0.6 is 0 Å². The Bertz CT molecular complexity index is 448. The first-order chi connectivity index (χ1) is 9.53. The standard InChI is InChI=1S/C16H23NO3/c1-16(2)19-14-11-17(9-8-13(18)15(14)20-16)10-12-6-4-3-5-7-12/h3-7,13-15,18H,8-11H2,1-2H3/t13-,14+,15-/m1/s1. The molecule has 3 atom stereocenters. The van der Waals surface area contributed by atoms with E-state index < -0.39 is 11.9 Å². The van der Waals surface area contributed by atoms with Crippen molar-refractivity contribution in [2.45, 2.75) is 50.9 Å². The number of likely N-dealkylation sites (tertiary alicyclic amines) is 1. The molecule has 0 aliphatic carbocycles. The average Bonchev–Trinajstić information content (AvgIpc) is 2.65. The summed E-state index contributed by atoms with van der Waals surface area (Å²) in [6, 6.07) is 10.4. The molecule has 2 saturated heterocycles. The van der Waals surface area contributed by atoms with Crippen LogP contribution in [0.4, 0.5) is 0 Å². The van der Waals surface area contributed by atoms with E-state index in [1.165, 1.54) is 5.56 Å². The van der Waals surface area contributed by atoms with Gasteiger partial charge in [-0.15, -0.1) is 0 Å². The van der Waals surface area contributed by atoms with Crippen LogP contribution in [0.1, 0.15) is 25.8 Å². The molecule has 0 spiro atoms. The first-order valence-electron chi connectivity index (χ1n) is 7.33. The summed E-state index contributed by atoms with van der Waals surface area (Å²) < 4.78 is 11.8. The number of ether oxygens (including phenoxy) is 2. The topological polar surface area (TPSA) is 41.9 Å². The SMILES string of the molecule is CC1(C)O[C@@H]2[C@H](O)CCN(Cc3ccccc3)C[C@@H]2O1. The average molecular weight is 277 g/mol.